The van der Waals surface area contributed by atoms with E-state index >= 15 is 0 Å². The van der Waals surface area contributed by atoms with E-state index in [2.05, 4.69) is 4.98 Å². The third kappa shape index (κ3) is 2.77. The number of aliphatic carboxylic acids is 1. The van der Waals surface area contributed by atoms with E-state index in [9.17, 15) is 24.5 Å². The van der Waals surface area contributed by atoms with Crippen LogP contribution in [-0.4, -0.2) is 38.7 Å². The number of benzene rings is 1. The van der Waals surface area contributed by atoms with Crippen LogP contribution in [0, 0.1) is 10.1 Å². The Labute approximate surface area is 123 Å². The number of ketones is 1. The number of amides is 1. The summed E-state index contributed by atoms with van der Waals surface area (Å²) in [6.07, 6.45) is 1.25. The first-order chi connectivity index (χ1) is 10.3. The van der Waals surface area contributed by atoms with Crippen LogP contribution in [0.2, 0.25) is 0 Å². The molecule has 1 aromatic heterocycles. The molecule has 0 fully saturated rings. The van der Waals surface area contributed by atoms with Gasteiger partial charge in [-0.1, -0.05) is 0 Å². The Bertz CT molecular complexity index is 794. The molecule has 0 aliphatic carbocycles. The number of Topliss-reactive ketones (excluding diaryl/α,β-unsaturated/α-hetero) is 1. The summed E-state index contributed by atoms with van der Waals surface area (Å²) in [6.45, 7) is 1.22. The van der Waals surface area contributed by atoms with E-state index in [0.717, 1.165) is 0 Å². The minimum absolute atomic E-state index is 0.0613. The van der Waals surface area contributed by atoms with E-state index in [1.807, 2.05) is 5.32 Å². The highest BCUT2D eigenvalue weighted by atomic mass is 16.6. The van der Waals surface area contributed by atoms with E-state index in [1.54, 1.807) is 0 Å². The molecule has 9 heteroatoms. The van der Waals surface area contributed by atoms with Crippen LogP contribution in [0.3, 0.4) is 0 Å². The molecule has 3 N–H and O–H groups in total. The maximum Gasteiger partial charge on any atom is 0.325 e. The second kappa shape index (κ2) is 5.64. The summed E-state index contributed by atoms with van der Waals surface area (Å²) in [5.74, 6) is -3.35. The normalized spacial score (nSPS) is 11.9. The molecular weight excluding hydrogens is 294 g/mol. The molecule has 2 aromatic rings. The Hall–Kier alpha value is -3.23. The number of fused-ring (bicyclic) bond motifs is 1. The molecule has 1 atom stereocenters. The lowest BCUT2D eigenvalue weighted by molar-refractivity contribution is -0.384. The number of non-ortho nitro benzene ring substituents is 1. The summed E-state index contributed by atoms with van der Waals surface area (Å²) in [5.41, 5.74) is 0.169. The Morgan fingerprint density at radius 2 is 2.05 bits per heavy atom. The van der Waals surface area contributed by atoms with Gasteiger partial charge in [-0.2, -0.15) is 0 Å². The van der Waals surface area contributed by atoms with E-state index in [-0.39, 0.29) is 16.6 Å². The highest BCUT2D eigenvalue weighted by molar-refractivity contribution is 6.45. The Kier molecular flexibility index (Phi) is 3.89. The van der Waals surface area contributed by atoms with Gasteiger partial charge < -0.3 is 15.4 Å². The molecule has 0 unspecified atom stereocenters. The molecule has 0 aliphatic heterocycles. The zero-order chi connectivity index (χ0) is 16.4. The second-order valence-electron chi connectivity index (χ2n) is 4.55. The van der Waals surface area contributed by atoms with Gasteiger partial charge in [-0.3, -0.25) is 24.5 Å². The Morgan fingerprint density at radius 1 is 1.36 bits per heavy atom. The van der Waals surface area contributed by atoms with Crippen molar-refractivity contribution in [2.75, 3.05) is 0 Å². The molecule has 2 rings (SSSR count). The average Bonchev–Trinajstić information content (AvgIpc) is 2.88. The van der Waals surface area contributed by atoms with Crippen LogP contribution in [0.4, 0.5) is 5.69 Å². The molecule has 0 saturated heterocycles. The standard InChI is InChI=1S/C13H11N3O6/c1-6(13(19)20)15-12(18)11(17)9-5-14-10-3-2-7(16(21)22)4-8(9)10/h2-6,14H,1H3,(H,15,18)(H,19,20)/t6-/m1/s1. The molecule has 9 nitrogen and oxygen atoms in total. The summed E-state index contributed by atoms with van der Waals surface area (Å²) in [5, 5.41) is 21.7. The van der Waals surface area contributed by atoms with Gasteiger partial charge in [0.15, 0.2) is 0 Å². The van der Waals surface area contributed by atoms with Crippen molar-refractivity contribution in [2.45, 2.75) is 13.0 Å². The predicted molar refractivity (Wildman–Crippen MR) is 74.5 cm³/mol. The fourth-order valence-electron chi connectivity index (χ4n) is 1.86. The number of carboxylic acids is 1. The van der Waals surface area contributed by atoms with Crippen molar-refractivity contribution in [3.8, 4) is 0 Å². The van der Waals surface area contributed by atoms with E-state index < -0.39 is 28.6 Å². The van der Waals surface area contributed by atoms with Gasteiger partial charge in [0.25, 0.3) is 17.4 Å². The average molecular weight is 305 g/mol. The van der Waals surface area contributed by atoms with Gasteiger partial charge in [-0.25, -0.2) is 0 Å². The highest BCUT2D eigenvalue weighted by Crippen LogP contribution is 2.24. The first-order valence-corrected chi connectivity index (χ1v) is 6.14. The van der Waals surface area contributed by atoms with E-state index in [0.29, 0.717) is 5.52 Å². The largest absolute Gasteiger partial charge is 0.480 e. The molecule has 0 saturated carbocycles. The fourth-order valence-corrected chi connectivity index (χ4v) is 1.86. The van der Waals surface area contributed by atoms with Crippen LogP contribution in [0.15, 0.2) is 24.4 Å². The second-order valence-corrected chi connectivity index (χ2v) is 4.55. The Morgan fingerprint density at radius 3 is 2.64 bits per heavy atom. The van der Waals surface area contributed by atoms with Crippen molar-refractivity contribution in [2.24, 2.45) is 0 Å². The van der Waals surface area contributed by atoms with Crippen molar-refractivity contribution in [1.29, 1.82) is 0 Å². The maximum absolute atomic E-state index is 12.1. The summed E-state index contributed by atoms with van der Waals surface area (Å²) in [7, 11) is 0. The highest BCUT2D eigenvalue weighted by Gasteiger charge is 2.24. The number of aromatic amines is 1. The molecule has 1 heterocycles. The van der Waals surface area contributed by atoms with Crippen LogP contribution in [0.25, 0.3) is 10.9 Å². The molecule has 0 radical (unpaired) electrons. The molecule has 1 amide bonds. The van der Waals surface area contributed by atoms with E-state index in [1.165, 1.54) is 31.3 Å². The minimum atomic E-state index is -1.28. The maximum atomic E-state index is 12.1. The number of carboxylic acid groups (broad SMARTS) is 1. The number of H-pyrrole nitrogens is 1. The zero-order valence-electron chi connectivity index (χ0n) is 11.3. The first-order valence-electron chi connectivity index (χ1n) is 6.14. The number of carbonyl (C=O) groups excluding carboxylic acids is 2. The summed E-state index contributed by atoms with van der Waals surface area (Å²) in [4.78, 5) is 47.4. The third-order valence-electron chi connectivity index (χ3n) is 3.05. The molecular formula is C13H11N3O6. The van der Waals surface area contributed by atoms with Crippen LogP contribution < -0.4 is 5.32 Å². The van der Waals surface area contributed by atoms with Crippen LogP contribution in [-0.2, 0) is 9.59 Å². The molecule has 114 valence electrons. The number of nitro groups is 1. The van der Waals surface area contributed by atoms with Crippen LogP contribution >= 0.6 is 0 Å². The van der Waals surface area contributed by atoms with Crippen molar-refractivity contribution < 1.29 is 24.4 Å². The summed E-state index contributed by atoms with van der Waals surface area (Å²) >= 11 is 0. The predicted octanol–water partition coefficient (Wildman–Crippen LogP) is 0.848. The molecule has 22 heavy (non-hydrogen) atoms. The number of hydrogen-bond acceptors (Lipinski definition) is 5. The third-order valence-corrected chi connectivity index (χ3v) is 3.05. The summed E-state index contributed by atoms with van der Waals surface area (Å²) < 4.78 is 0. The fraction of sp³-hybridized carbons (Fsp3) is 0.154. The minimum Gasteiger partial charge on any atom is -0.480 e. The SMILES string of the molecule is C[C@@H](NC(=O)C(=O)c1c[nH]c2ccc([N+](=O)[O-])cc12)C(=O)O. The number of nitrogens with zero attached hydrogens (tertiary/aromatic N) is 1. The quantitative estimate of drug-likeness (QED) is 0.323. The molecule has 0 aliphatic rings. The van der Waals surface area contributed by atoms with Crippen molar-refractivity contribution in [1.82, 2.24) is 10.3 Å². The van der Waals surface area contributed by atoms with Crippen molar-refractivity contribution in [3.05, 3.63) is 40.1 Å². The number of rotatable bonds is 5. The number of aromatic nitrogens is 1. The lowest BCUT2D eigenvalue weighted by Crippen LogP contribution is -2.41. The lowest BCUT2D eigenvalue weighted by atomic mass is 10.1. The van der Waals surface area contributed by atoms with Gasteiger partial charge in [0, 0.05) is 29.2 Å². The first kappa shape index (κ1) is 15.2. The number of nitro benzene ring substituents is 1. The number of hydrogen-bond donors (Lipinski definition) is 3. The monoisotopic (exact) mass is 305 g/mol. The lowest BCUT2D eigenvalue weighted by Gasteiger charge is -2.07. The topological polar surface area (TPSA) is 142 Å². The number of carbonyl (C=O) groups is 3. The summed E-state index contributed by atoms with van der Waals surface area (Å²) in [6, 6.07) is 2.63. The molecule has 0 bridgehead atoms. The van der Waals surface area contributed by atoms with Gasteiger partial charge in [-0.05, 0) is 13.0 Å². The number of nitrogens with one attached hydrogen (secondary N) is 2. The van der Waals surface area contributed by atoms with Gasteiger partial charge in [0.05, 0.1) is 10.5 Å². The van der Waals surface area contributed by atoms with Crippen molar-refractivity contribution in [3.63, 3.8) is 0 Å². The van der Waals surface area contributed by atoms with Crippen LogP contribution in [0.5, 0.6) is 0 Å². The Balaban J connectivity index is 2.35. The van der Waals surface area contributed by atoms with Crippen LogP contribution in [0.1, 0.15) is 17.3 Å². The van der Waals surface area contributed by atoms with Crippen molar-refractivity contribution >= 4 is 34.3 Å². The van der Waals surface area contributed by atoms with Gasteiger partial charge in [-0.15, -0.1) is 0 Å². The van der Waals surface area contributed by atoms with E-state index in [4.69, 9.17) is 5.11 Å². The van der Waals surface area contributed by atoms with Gasteiger partial charge >= 0.3 is 5.97 Å². The zero-order valence-corrected chi connectivity index (χ0v) is 11.3. The van der Waals surface area contributed by atoms with Gasteiger partial charge in [0.1, 0.15) is 6.04 Å². The van der Waals surface area contributed by atoms with Gasteiger partial charge in [0.2, 0.25) is 0 Å². The molecule has 0 spiro atoms. The molecule has 1 aromatic carbocycles. The smallest absolute Gasteiger partial charge is 0.325 e.